The fraction of sp³-hybridized carbons (Fsp3) is 0.556. The van der Waals surface area contributed by atoms with Crippen LogP contribution in [0.5, 0.6) is 0 Å². The summed E-state index contributed by atoms with van der Waals surface area (Å²) in [4.78, 5) is 5.04. The molecule has 1 saturated heterocycles. The molecule has 3 rings (SSSR count). The zero-order valence-corrected chi connectivity index (χ0v) is 12.7. The lowest BCUT2D eigenvalue weighted by Crippen LogP contribution is -2.47. The van der Waals surface area contributed by atoms with E-state index in [-0.39, 0.29) is 5.82 Å². The molecule has 0 radical (unpaired) electrons. The van der Waals surface area contributed by atoms with Crippen LogP contribution in [0.1, 0.15) is 24.8 Å². The van der Waals surface area contributed by atoms with Crippen molar-refractivity contribution in [3.63, 3.8) is 0 Å². The van der Waals surface area contributed by atoms with E-state index in [4.69, 9.17) is 0 Å². The Morgan fingerprint density at radius 2 is 1.86 bits per heavy atom. The molecule has 0 spiro atoms. The van der Waals surface area contributed by atoms with Crippen molar-refractivity contribution in [1.29, 1.82) is 0 Å². The Morgan fingerprint density at radius 3 is 2.57 bits per heavy atom. The summed E-state index contributed by atoms with van der Waals surface area (Å²) >= 11 is 0. The summed E-state index contributed by atoms with van der Waals surface area (Å²) in [5.41, 5.74) is 1.08. The van der Waals surface area contributed by atoms with Crippen LogP contribution in [-0.4, -0.2) is 42.5 Å². The number of halogens is 1. The number of hydrogen-bond donors (Lipinski definition) is 0. The average Bonchev–Trinajstić information content (AvgIpc) is 2.50. The summed E-state index contributed by atoms with van der Waals surface area (Å²) in [6.07, 6.45) is 8.51. The first-order valence-electron chi connectivity index (χ1n) is 8.14. The normalized spacial score (nSPS) is 24.3. The predicted octanol–water partition coefficient (Wildman–Crippen LogP) is 3.30. The van der Waals surface area contributed by atoms with Crippen LogP contribution in [0.3, 0.4) is 0 Å². The van der Waals surface area contributed by atoms with Crippen molar-refractivity contribution >= 4 is 0 Å². The van der Waals surface area contributed by atoms with E-state index in [0.717, 1.165) is 44.2 Å². The lowest BCUT2D eigenvalue weighted by atomic mass is 9.94. The molecule has 0 amide bonds. The van der Waals surface area contributed by atoms with Crippen LogP contribution in [0.4, 0.5) is 4.39 Å². The second-order valence-corrected chi connectivity index (χ2v) is 6.36. The van der Waals surface area contributed by atoms with Crippen molar-refractivity contribution in [3.8, 4) is 0 Å². The van der Waals surface area contributed by atoms with E-state index in [2.05, 4.69) is 22.0 Å². The van der Waals surface area contributed by atoms with Gasteiger partial charge in [-0.1, -0.05) is 24.3 Å². The summed E-state index contributed by atoms with van der Waals surface area (Å²) in [6, 6.07) is 6.99. The van der Waals surface area contributed by atoms with Crippen molar-refractivity contribution in [2.24, 2.45) is 5.92 Å². The molecule has 2 nitrogen and oxygen atoms in total. The minimum atomic E-state index is -0.128. The molecular weight excluding hydrogens is 263 g/mol. The van der Waals surface area contributed by atoms with Crippen molar-refractivity contribution in [2.45, 2.75) is 25.8 Å². The first-order chi connectivity index (χ1) is 10.3. The Hall–Kier alpha value is -1.19. The molecule has 21 heavy (non-hydrogen) atoms. The van der Waals surface area contributed by atoms with Gasteiger partial charge in [-0.15, -0.1) is 0 Å². The highest BCUT2D eigenvalue weighted by molar-refractivity contribution is 5.16. The van der Waals surface area contributed by atoms with Crippen LogP contribution in [0.2, 0.25) is 0 Å². The van der Waals surface area contributed by atoms with Crippen LogP contribution in [0.25, 0.3) is 0 Å². The van der Waals surface area contributed by atoms with E-state index in [9.17, 15) is 4.39 Å². The van der Waals surface area contributed by atoms with Gasteiger partial charge in [0.2, 0.25) is 0 Å². The van der Waals surface area contributed by atoms with Crippen molar-refractivity contribution in [2.75, 3.05) is 32.7 Å². The van der Waals surface area contributed by atoms with Gasteiger partial charge in [-0.25, -0.2) is 4.39 Å². The molecule has 2 aliphatic rings. The molecule has 1 aliphatic carbocycles. The molecule has 0 unspecified atom stereocenters. The summed E-state index contributed by atoms with van der Waals surface area (Å²) in [5, 5.41) is 0. The smallest absolute Gasteiger partial charge is 0.123 e. The SMILES string of the molecule is Fc1cccc(CN2CCN(C[C@@H]3CC=CCC3)CC2)c1. The first kappa shape index (κ1) is 14.7. The van der Waals surface area contributed by atoms with Gasteiger partial charge in [0.1, 0.15) is 5.82 Å². The molecule has 1 fully saturated rings. The maximum absolute atomic E-state index is 13.2. The average molecular weight is 288 g/mol. The fourth-order valence-electron chi connectivity index (χ4n) is 3.41. The van der Waals surface area contributed by atoms with E-state index in [0.29, 0.717) is 0 Å². The number of piperazine rings is 1. The van der Waals surface area contributed by atoms with Crippen LogP contribution < -0.4 is 0 Å². The summed E-state index contributed by atoms with van der Waals surface area (Å²) in [6.45, 7) is 6.61. The van der Waals surface area contributed by atoms with Crippen molar-refractivity contribution in [1.82, 2.24) is 9.80 Å². The molecule has 1 aromatic rings. The second-order valence-electron chi connectivity index (χ2n) is 6.36. The van der Waals surface area contributed by atoms with Gasteiger partial charge in [0.15, 0.2) is 0 Å². The van der Waals surface area contributed by atoms with Gasteiger partial charge < -0.3 is 4.90 Å². The third-order valence-corrected chi connectivity index (χ3v) is 4.65. The number of rotatable bonds is 4. The molecule has 1 heterocycles. The van der Waals surface area contributed by atoms with Gasteiger partial charge >= 0.3 is 0 Å². The zero-order valence-electron chi connectivity index (χ0n) is 12.7. The Balaban J connectivity index is 1.43. The maximum atomic E-state index is 13.2. The highest BCUT2D eigenvalue weighted by Crippen LogP contribution is 2.20. The van der Waals surface area contributed by atoms with Crippen LogP contribution in [0.15, 0.2) is 36.4 Å². The van der Waals surface area contributed by atoms with Gasteiger partial charge in [0, 0.05) is 39.3 Å². The number of nitrogens with zero attached hydrogens (tertiary/aromatic N) is 2. The second kappa shape index (κ2) is 7.19. The highest BCUT2D eigenvalue weighted by Gasteiger charge is 2.20. The highest BCUT2D eigenvalue weighted by atomic mass is 19.1. The Labute approximate surface area is 127 Å². The lowest BCUT2D eigenvalue weighted by molar-refractivity contribution is 0.111. The van der Waals surface area contributed by atoms with Gasteiger partial charge in [-0.2, -0.15) is 0 Å². The maximum Gasteiger partial charge on any atom is 0.123 e. The number of benzene rings is 1. The molecular formula is C18H25FN2. The van der Waals surface area contributed by atoms with E-state index in [1.807, 2.05) is 6.07 Å². The fourth-order valence-corrected chi connectivity index (χ4v) is 3.41. The molecule has 114 valence electrons. The summed E-state index contributed by atoms with van der Waals surface area (Å²) in [5.74, 6) is 0.723. The van der Waals surface area contributed by atoms with Crippen LogP contribution in [0, 0.1) is 11.7 Å². The zero-order chi connectivity index (χ0) is 14.5. The van der Waals surface area contributed by atoms with E-state index < -0.39 is 0 Å². The minimum Gasteiger partial charge on any atom is -0.301 e. The van der Waals surface area contributed by atoms with Gasteiger partial charge in [-0.05, 0) is 42.9 Å². The first-order valence-corrected chi connectivity index (χ1v) is 8.14. The molecule has 1 atom stereocenters. The molecule has 1 aliphatic heterocycles. The largest absolute Gasteiger partial charge is 0.301 e. The Kier molecular flexibility index (Phi) is 5.04. The minimum absolute atomic E-state index is 0.128. The molecule has 0 saturated carbocycles. The van der Waals surface area contributed by atoms with Crippen molar-refractivity contribution in [3.05, 3.63) is 47.8 Å². The van der Waals surface area contributed by atoms with Gasteiger partial charge in [-0.3, -0.25) is 4.90 Å². The van der Waals surface area contributed by atoms with Crippen LogP contribution >= 0.6 is 0 Å². The van der Waals surface area contributed by atoms with E-state index in [1.54, 1.807) is 12.1 Å². The lowest BCUT2D eigenvalue weighted by Gasteiger charge is -2.36. The third kappa shape index (κ3) is 4.39. The molecule has 1 aromatic carbocycles. The standard InChI is InChI=1S/C18H25FN2/c19-18-8-4-7-17(13-18)15-21-11-9-20(10-12-21)14-16-5-2-1-3-6-16/h1-2,4,7-8,13,16H,3,5-6,9-12,14-15H2/t16-/m1/s1. The van der Waals surface area contributed by atoms with Gasteiger partial charge in [0.05, 0.1) is 0 Å². The summed E-state index contributed by atoms with van der Waals surface area (Å²) in [7, 11) is 0. The number of hydrogen-bond acceptors (Lipinski definition) is 2. The molecule has 0 N–H and O–H groups in total. The molecule has 3 heteroatoms. The topological polar surface area (TPSA) is 6.48 Å². The quantitative estimate of drug-likeness (QED) is 0.784. The van der Waals surface area contributed by atoms with Crippen LogP contribution in [-0.2, 0) is 6.54 Å². The van der Waals surface area contributed by atoms with E-state index in [1.165, 1.54) is 31.9 Å². The number of allylic oxidation sites excluding steroid dienone is 2. The molecule has 0 bridgehead atoms. The monoisotopic (exact) mass is 288 g/mol. The van der Waals surface area contributed by atoms with Gasteiger partial charge in [0.25, 0.3) is 0 Å². The summed E-state index contributed by atoms with van der Waals surface area (Å²) < 4.78 is 13.2. The Bertz CT molecular complexity index is 478. The third-order valence-electron chi connectivity index (χ3n) is 4.65. The predicted molar refractivity (Wildman–Crippen MR) is 84.6 cm³/mol. The Morgan fingerprint density at radius 1 is 1.05 bits per heavy atom. The van der Waals surface area contributed by atoms with Crippen molar-refractivity contribution < 1.29 is 4.39 Å². The molecule has 0 aromatic heterocycles. The van der Waals surface area contributed by atoms with E-state index >= 15 is 0 Å².